The molecule has 10 atom stereocenters. The van der Waals surface area contributed by atoms with E-state index in [4.69, 9.17) is 18.9 Å². The van der Waals surface area contributed by atoms with E-state index in [-0.39, 0.29) is 66.6 Å². The Morgan fingerprint density at radius 3 is 2.52 bits per heavy atom. The molecule has 0 amide bonds. The number of ether oxygens (including phenoxy) is 4. The van der Waals surface area contributed by atoms with Crippen LogP contribution in [0, 0.1) is 23.7 Å². The highest BCUT2D eigenvalue weighted by Gasteiger charge is 2.47. The molecule has 1 saturated carbocycles. The van der Waals surface area contributed by atoms with Crippen LogP contribution in [0.1, 0.15) is 51.9 Å². The number of sulfone groups is 1. The van der Waals surface area contributed by atoms with Gasteiger partial charge in [-0.25, -0.2) is 8.42 Å². The van der Waals surface area contributed by atoms with E-state index < -0.39 is 15.9 Å². The molecule has 4 rings (SSSR count). The van der Waals surface area contributed by atoms with Crippen LogP contribution in [0.25, 0.3) is 0 Å². The van der Waals surface area contributed by atoms with Crippen molar-refractivity contribution in [1.82, 2.24) is 0 Å². The maximum absolute atomic E-state index is 13.6. The number of aliphatic hydroxyl groups is 2. The normalized spacial score (nSPS) is 32.7. The van der Waals surface area contributed by atoms with Crippen molar-refractivity contribution in [1.29, 1.82) is 0 Å². The van der Waals surface area contributed by atoms with Gasteiger partial charge in [0.2, 0.25) is 0 Å². The lowest BCUT2D eigenvalue weighted by atomic mass is 9.81. The monoisotopic (exact) mass is 658 g/mol. The fraction of sp³-hybridized carbons (Fsp3) is 0.622. The highest BCUT2D eigenvalue weighted by atomic mass is 32.2. The fourth-order valence-corrected chi connectivity index (χ4v) is 9.35. The first kappa shape index (κ1) is 36.7. The zero-order chi connectivity index (χ0) is 33.3. The molecule has 0 aromatic heterocycles. The third kappa shape index (κ3) is 9.72. The smallest absolute Gasteiger partial charge is 0.178 e. The molecule has 46 heavy (non-hydrogen) atoms. The van der Waals surface area contributed by atoms with Gasteiger partial charge >= 0.3 is 0 Å². The minimum Gasteiger partial charge on any atom is -0.394 e. The molecule has 1 aromatic carbocycles. The first-order chi connectivity index (χ1) is 22.1. The van der Waals surface area contributed by atoms with Gasteiger partial charge in [-0.15, -0.1) is 6.58 Å². The average Bonchev–Trinajstić information content (AvgIpc) is 3.55. The van der Waals surface area contributed by atoms with Crippen molar-refractivity contribution in [3.63, 3.8) is 0 Å². The van der Waals surface area contributed by atoms with E-state index in [2.05, 4.69) is 26.7 Å². The lowest BCUT2D eigenvalue weighted by Gasteiger charge is -2.38. The van der Waals surface area contributed by atoms with Gasteiger partial charge in [0.05, 0.1) is 67.1 Å². The molecule has 0 spiro atoms. The van der Waals surface area contributed by atoms with Crippen LogP contribution in [-0.2, 0) is 28.8 Å². The van der Waals surface area contributed by atoms with Gasteiger partial charge in [-0.05, 0) is 79.6 Å². The highest BCUT2D eigenvalue weighted by Crippen LogP contribution is 2.46. The first-order valence-corrected chi connectivity index (χ1v) is 18.3. The molecule has 1 aliphatic carbocycles. The summed E-state index contributed by atoms with van der Waals surface area (Å²) in [6.45, 7) is 15.2. The molecule has 8 nitrogen and oxygen atoms in total. The van der Waals surface area contributed by atoms with Crippen LogP contribution in [0.5, 0.6) is 0 Å². The maximum Gasteiger partial charge on any atom is 0.178 e. The standard InChI is InChI=1S/C37H54O8S/c1-6-16-43-17-10-11-31-19-26(3)35(44-31)15-14-32-18-25(2)27(4)36(45-32)22-28-20-29(21-30(39)23-38)37(42-5)34(28)24-46(40,41)33-12-8-7-9-13-33/h6-13,25,28-32,34-39H,1,3-4,14-24H2,2,5H3/b11-10+/t25-,28+,29-,30+,31+,32+,34+,35+,36-,37+/m1/s1. The molecule has 2 aliphatic heterocycles. The van der Waals surface area contributed by atoms with Crippen LogP contribution < -0.4 is 0 Å². The van der Waals surface area contributed by atoms with E-state index in [0.29, 0.717) is 37.4 Å². The molecular formula is C37H54O8S. The third-order valence-electron chi connectivity index (χ3n) is 10.0. The van der Waals surface area contributed by atoms with Gasteiger partial charge in [0.15, 0.2) is 9.84 Å². The Hall–Kier alpha value is -2.11. The summed E-state index contributed by atoms with van der Waals surface area (Å²) in [5.74, 6) is -0.185. The quantitative estimate of drug-likeness (QED) is 0.168. The Morgan fingerprint density at radius 1 is 1.07 bits per heavy atom. The molecule has 0 bridgehead atoms. The summed E-state index contributed by atoms with van der Waals surface area (Å²) < 4.78 is 51.5. The van der Waals surface area contributed by atoms with Crippen LogP contribution in [0.15, 0.2) is 84.3 Å². The van der Waals surface area contributed by atoms with Crippen molar-refractivity contribution >= 4 is 9.84 Å². The van der Waals surface area contributed by atoms with Gasteiger partial charge in [0.1, 0.15) is 0 Å². The number of rotatable bonds is 17. The molecular weight excluding hydrogens is 604 g/mol. The zero-order valence-electron chi connectivity index (χ0n) is 27.5. The number of benzene rings is 1. The second-order valence-electron chi connectivity index (χ2n) is 13.3. The molecule has 2 N–H and O–H groups in total. The molecule has 256 valence electrons. The van der Waals surface area contributed by atoms with Crippen molar-refractivity contribution < 1.29 is 37.6 Å². The molecule has 9 heteroatoms. The number of aliphatic hydroxyl groups excluding tert-OH is 2. The number of hydrogen-bond acceptors (Lipinski definition) is 8. The third-order valence-corrected chi connectivity index (χ3v) is 11.8. The molecule has 2 heterocycles. The lowest BCUT2D eigenvalue weighted by molar-refractivity contribution is -0.0549. The van der Waals surface area contributed by atoms with Gasteiger partial charge < -0.3 is 29.2 Å². The van der Waals surface area contributed by atoms with E-state index in [1.807, 2.05) is 12.2 Å². The molecule has 3 aliphatic rings. The predicted molar refractivity (Wildman–Crippen MR) is 180 cm³/mol. The van der Waals surface area contributed by atoms with Crippen molar-refractivity contribution in [2.45, 2.75) is 93.4 Å². The second-order valence-corrected chi connectivity index (χ2v) is 15.4. The summed E-state index contributed by atoms with van der Waals surface area (Å²) in [5, 5.41) is 19.9. The van der Waals surface area contributed by atoms with E-state index in [0.717, 1.165) is 36.8 Å². The zero-order valence-corrected chi connectivity index (χ0v) is 28.4. The summed E-state index contributed by atoms with van der Waals surface area (Å²) in [6.07, 6.45) is 9.30. The molecule has 1 aromatic rings. The van der Waals surface area contributed by atoms with Crippen molar-refractivity contribution in [3.8, 4) is 0 Å². The van der Waals surface area contributed by atoms with Crippen molar-refractivity contribution in [3.05, 3.63) is 79.4 Å². The van der Waals surface area contributed by atoms with Crippen molar-refractivity contribution in [2.75, 3.05) is 32.7 Å². The predicted octanol–water partition coefficient (Wildman–Crippen LogP) is 5.46. The molecule has 2 saturated heterocycles. The Balaban J connectivity index is 1.42. The SMILES string of the molecule is C=CCOC/C=C/[C@H]1CC(=C)[C@H](CC[C@H]2C[C@@H](C)C(=C)[C@@H](C[C@@H]3C[C@H](C[C@H](O)CO)[C@H](OC)[C@H]3CS(=O)(=O)c3ccccc3)O2)O1. The van der Waals surface area contributed by atoms with Gasteiger partial charge in [0, 0.05) is 19.4 Å². The fourth-order valence-electron chi connectivity index (χ4n) is 7.62. The number of methoxy groups -OCH3 is 1. The molecule has 0 radical (unpaired) electrons. The van der Waals surface area contributed by atoms with Gasteiger partial charge in [-0.2, -0.15) is 0 Å². The van der Waals surface area contributed by atoms with E-state index in [9.17, 15) is 18.6 Å². The van der Waals surface area contributed by atoms with Crippen LogP contribution >= 0.6 is 0 Å². The van der Waals surface area contributed by atoms with E-state index >= 15 is 0 Å². The van der Waals surface area contributed by atoms with Crippen LogP contribution in [0.3, 0.4) is 0 Å². The Kier molecular flexibility index (Phi) is 13.8. The first-order valence-electron chi connectivity index (χ1n) is 16.7. The summed E-state index contributed by atoms with van der Waals surface area (Å²) in [7, 11) is -1.98. The van der Waals surface area contributed by atoms with Gasteiger partial charge in [-0.3, -0.25) is 0 Å². The van der Waals surface area contributed by atoms with Gasteiger partial charge in [-0.1, -0.05) is 56.5 Å². The second kappa shape index (κ2) is 17.3. The summed E-state index contributed by atoms with van der Waals surface area (Å²) in [4.78, 5) is 0.295. The Bertz CT molecular complexity index is 1280. The largest absolute Gasteiger partial charge is 0.394 e. The lowest BCUT2D eigenvalue weighted by Crippen LogP contribution is -2.38. The van der Waals surface area contributed by atoms with Crippen LogP contribution in [-0.4, -0.2) is 87.9 Å². The highest BCUT2D eigenvalue weighted by molar-refractivity contribution is 7.91. The van der Waals surface area contributed by atoms with E-state index in [1.54, 1.807) is 43.5 Å². The van der Waals surface area contributed by atoms with Crippen molar-refractivity contribution in [2.24, 2.45) is 23.7 Å². The minimum absolute atomic E-state index is 0.000970. The Labute approximate surface area is 276 Å². The average molecular weight is 659 g/mol. The summed E-state index contributed by atoms with van der Waals surface area (Å²) in [6, 6.07) is 8.53. The summed E-state index contributed by atoms with van der Waals surface area (Å²) >= 11 is 0. The van der Waals surface area contributed by atoms with Crippen LogP contribution in [0.4, 0.5) is 0 Å². The maximum atomic E-state index is 13.6. The van der Waals surface area contributed by atoms with Crippen LogP contribution in [0.2, 0.25) is 0 Å². The topological polar surface area (TPSA) is 112 Å². The minimum atomic E-state index is -3.58. The molecule has 0 unspecified atom stereocenters. The number of hydrogen-bond donors (Lipinski definition) is 2. The Morgan fingerprint density at radius 2 is 1.83 bits per heavy atom. The van der Waals surface area contributed by atoms with E-state index in [1.165, 1.54) is 0 Å². The molecule has 3 fully saturated rings. The van der Waals surface area contributed by atoms with Gasteiger partial charge in [0.25, 0.3) is 0 Å². The summed E-state index contributed by atoms with van der Waals surface area (Å²) in [5.41, 5.74) is 2.14.